The van der Waals surface area contributed by atoms with Crippen LogP contribution in [0, 0.1) is 11.7 Å². The van der Waals surface area contributed by atoms with E-state index in [-0.39, 0.29) is 29.8 Å². The van der Waals surface area contributed by atoms with Crippen LogP contribution in [-0.4, -0.2) is 28.8 Å². The van der Waals surface area contributed by atoms with E-state index in [0.29, 0.717) is 0 Å². The molecule has 0 aliphatic carbocycles. The lowest BCUT2D eigenvalue weighted by atomic mass is 10.0. The predicted molar refractivity (Wildman–Crippen MR) is 67.1 cm³/mol. The first-order chi connectivity index (χ1) is 8.38. The van der Waals surface area contributed by atoms with Crippen LogP contribution in [0.1, 0.15) is 24.2 Å². The third-order valence-corrected chi connectivity index (χ3v) is 2.93. The number of hydrogen-bond donors (Lipinski definition) is 4. The zero-order valence-electron chi connectivity index (χ0n) is 10.3. The molecule has 6 heteroatoms. The van der Waals surface area contributed by atoms with E-state index in [1.165, 1.54) is 6.07 Å². The number of aliphatic hydroxyl groups is 1. The fourth-order valence-corrected chi connectivity index (χ4v) is 1.49. The van der Waals surface area contributed by atoms with Gasteiger partial charge in [0.15, 0.2) is 0 Å². The number of anilines is 2. The Bertz CT molecular complexity index is 451. The lowest BCUT2D eigenvalue weighted by Gasteiger charge is -2.22. The van der Waals surface area contributed by atoms with Crippen molar-refractivity contribution in [2.75, 3.05) is 17.7 Å². The second-order valence-corrected chi connectivity index (χ2v) is 4.28. The topological polar surface area (TPSA) is 95.6 Å². The van der Waals surface area contributed by atoms with Gasteiger partial charge in [-0.2, -0.15) is 0 Å². The molecular weight excluding hydrogens is 239 g/mol. The molecule has 1 rings (SSSR count). The van der Waals surface area contributed by atoms with E-state index < -0.39 is 17.5 Å². The number of aromatic carboxylic acids is 1. The van der Waals surface area contributed by atoms with Gasteiger partial charge in [-0.3, -0.25) is 0 Å². The Morgan fingerprint density at radius 1 is 1.50 bits per heavy atom. The largest absolute Gasteiger partial charge is 0.478 e. The summed E-state index contributed by atoms with van der Waals surface area (Å²) in [6.07, 6.45) is 0. The van der Waals surface area contributed by atoms with Gasteiger partial charge in [-0.25, -0.2) is 9.18 Å². The molecule has 0 aliphatic heterocycles. The standard InChI is InChI=1S/C12H17FN2O3/c1-6(5-16)7(2)15-9-4-3-8(13)11(14)10(9)12(17)18/h3-4,6-7,15-16H,5,14H2,1-2H3,(H,17,18). The summed E-state index contributed by atoms with van der Waals surface area (Å²) in [6, 6.07) is 2.27. The number of nitrogen functional groups attached to an aromatic ring is 1. The molecule has 2 atom stereocenters. The number of nitrogens with two attached hydrogens (primary N) is 1. The first kappa shape index (κ1) is 14.2. The fraction of sp³-hybridized carbons (Fsp3) is 0.417. The summed E-state index contributed by atoms with van der Waals surface area (Å²) in [6.45, 7) is 3.57. The summed E-state index contributed by atoms with van der Waals surface area (Å²) in [5, 5.41) is 21.0. The molecule has 1 aromatic carbocycles. The number of nitrogens with one attached hydrogen (secondary N) is 1. The van der Waals surface area contributed by atoms with Crippen molar-refractivity contribution in [3.8, 4) is 0 Å². The predicted octanol–water partition coefficient (Wildman–Crippen LogP) is 1.53. The molecule has 0 aliphatic rings. The molecule has 0 radical (unpaired) electrons. The third-order valence-electron chi connectivity index (χ3n) is 2.93. The maximum Gasteiger partial charge on any atom is 0.340 e. The van der Waals surface area contributed by atoms with Crippen LogP contribution in [0.2, 0.25) is 0 Å². The van der Waals surface area contributed by atoms with Gasteiger partial charge in [0.05, 0.1) is 11.4 Å². The van der Waals surface area contributed by atoms with Crippen LogP contribution in [-0.2, 0) is 0 Å². The molecule has 1 aromatic rings. The van der Waals surface area contributed by atoms with E-state index in [4.69, 9.17) is 15.9 Å². The molecule has 2 unspecified atom stereocenters. The molecule has 0 spiro atoms. The first-order valence-electron chi connectivity index (χ1n) is 5.57. The highest BCUT2D eigenvalue weighted by molar-refractivity contribution is 6.00. The summed E-state index contributed by atoms with van der Waals surface area (Å²) in [4.78, 5) is 11.1. The molecule has 0 fully saturated rings. The minimum absolute atomic E-state index is 0.0345. The van der Waals surface area contributed by atoms with Gasteiger partial charge < -0.3 is 21.3 Å². The van der Waals surface area contributed by atoms with Gasteiger partial charge in [0.25, 0.3) is 0 Å². The van der Waals surface area contributed by atoms with Gasteiger partial charge >= 0.3 is 5.97 Å². The summed E-state index contributed by atoms with van der Waals surface area (Å²) < 4.78 is 13.2. The van der Waals surface area contributed by atoms with Crippen LogP contribution in [0.4, 0.5) is 15.8 Å². The Balaban J connectivity index is 3.10. The zero-order chi connectivity index (χ0) is 13.9. The number of benzene rings is 1. The molecule has 0 saturated carbocycles. The SMILES string of the molecule is CC(CO)C(C)Nc1ccc(F)c(N)c1C(=O)O. The highest BCUT2D eigenvalue weighted by Crippen LogP contribution is 2.26. The third kappa shape index (κ3) is 2.89. The number of carboxylic acid groups (broad SMARTS) is 1. The van der Waals surface area contributed by atoms with Crippen molar-refractivity contribution in [3.05, 3.63) is 23.5 Å². The molecule has 100 valence electrons. The number of carbonyl (C=O) groups is 1. The first-order valence-corrected chi connectivity index (χ1v) is 5.57. The van der Waals surface area contributed by atoms with Crippen LogP contribution in [0.3, 0.4) is 0 Å². The van der Waals surface area contributed by atoms with E-state index in [1.807, 2.05) is 6.92 Å². The number of rotatable bonds is 5. The second kappa shape index (κ2) is 5.68. The highest BCUT2D eigenvalue weighted by Gasteiger charge is 2.20. The lowest BCUT2D eigenvalue weighted by molar-refractivity contribution is 0.0698. The Labute approximate surface area is 104 Å². The van der Waals surface area contributed by atoms with E-state index in [1.54, 1.807) is 6.92 Å². The number of aliphatic hydroxyl groups excluding tert-OH is 1. The second-order valence-electron chi connectivity index (χ2n) is 4.28. The van der Waals surface area contributed by atoms with Crippen LogP contribution in [0.5, 0.6) is 0 Å². The van der Waals surface area contributed by atoms with Crippen molar-refractivity contribution in [1.82, 2.24) is 0 Å². The minimum atomic E-state index is -1.29. The number of hydrogen-bond acceptors (Lipinski definition) is 4. The molecule has 5 N–H and O–H groups in total. The van der Waals surface area contributed by atoms with Crippen molar-refractivity contribution in [1.29, 1.82) is 0 Å². The molecule has 5 nitrogen and oxygen atoms in total. The van der Waals surface area contributed by atoms with E-state index >= 15 is 0 Å². The van der Waals surface area contributed by atoms with Crippen molar-refractivity contribution < 1.29 is 19.4 Å². The molecule has 0 amide bonds. The molecular formula is C12H17FN2O3. The normalized spacial score (nSPS) is 14.0. The van der Waals surface area contributed by atoms with E-state index in [9.17, 15) is 9.18 Å². The van der Waals surface area contributed by atoms with Gasteiger partial charge in [0.1, 0.15) is 11.4 Å². The van der Waals surface area contributed by atoms with Crippen LogP contribution < -0.4 is 11.1 Å². The summed E-state index contributed by atoms with van der Waals surface area (Å²) >= 11 is 0. The summed E-state index contributed by atoms with van der Waals surface area (Å²) in [5.74, 6) is -2.13. The number of halogens is 1. The number of carboxylic acids is 1. The van der Waals surface area contributed by atoms with Crippen LogP contribution in [0.15, 0.2) is 12.1 Å². The van der Waals surface area contributed by atoms with E-state index in [0.717, 1.165) is 6.07 Å². The van der Waals surface area contributed by atoms with Crippen LogP contribution in [0.25, 0.3) is 0 Å². The monoisotopic (exact) mass is 256 g/mol. The maximum absolute atomic E-state index is 13.2. The minimum Gasteiger partial charge on any atom is -0.478 e. The molecule has 0 aromatic heterocycles. The zero-order valence-corrected chi connectivity index (χ0v) is 10.3. The molecule has 0 heterocycles. The van der Waals surface area contributed by atoms with Gasteiger partial charge in [-0.05, 0) is 25.0 Å². The quantitative estimate of drug-likeness (QED) is 0.599. The van der Waals surface area contributed by atoms with Gasteiger partial charge in [-0.1, -0.05) is 6.92 Å². The fourth-order valence-electron chi connectivity index (χ4n) is 1.49. The summed E-state index contributed by atoms with van der Waals surface area (Å²) in [7, 11) is 0. The maximum atomic E-state index is 13.2. The average molecular weight is 256 g/mol. The van der Waals surface area contributed by atoms with Crippen molar-refractivity contribution in [3.63, 3.8) is 0 Å². The van der Waals surface area contributed by atoms with Crippen molar-refractivity contribution in [2.45, 2.75) is 19.9 Å². The van der Waals surface area contributed by atoms with E-state index in [2.05, 4.69) is 5.32 Å². The van der Waals surface area contributed by atoms with Gasteiger partial charge in [-0.15, -0.1) is 0 Å². The van der Waals surface area contributed by atoms with Crippen LogP contribution >= 0.6 is 0 Å². The molecule has 0 saturated heterocycles. The van der Waals surface area contributed by atoms with Crippen molar-refractivity contribution in [2.24, 2.45) is 5.92 Å². The Hall–Kier alpha value is -1.82. The summed E-state index contributed by atoms with van der Waals surface area (Å²) in [5.41, 5.74) is 4.99. The Kier molecular flexibility index (Phi) is 4.49. The smallest absolute Gasteiger partial charge is 0.340 e. The van der Waals surface area contributed by atoms with Gasteiger partial charge in [0, 0.05) is 12.6 Å². The Morgan fingerprint density at radius 3 is 2.61 bits per heavy atom. The van der Waals surface area contributed by atoms with Gasteiger partial charge in [0.2, 0.25) is 0 Å². The molecule has 0 bridgehead atoms. The highest BCUT2D eigenvalue weighted by atomic mass is 19.1. The van der Waals surface area contributed by atoms with Crippen molar-refractivity contribution >= 4 is 17.3 Å². The Morgan fingerprint density at radius 2 is 2.11 bits per heavy atom. The average Bonchev–Trinajstić information content (AvgIpc) is 2.32. The molecule has 18 heavy (non-hydrogen) atoms. The lowest BCUT2D eigenvalue weighted by Crippen LogP contribution is -2.27.